The van der Waals surface area contributed by atoms with Gasteiger partial charge in [0.2, 0.25) is 0 Å². The van der Waals surface area contributed by atoms with E-state index in [1.54, 1.807) is 12.1 Å². The molecule has 0 radical (unpaired) electrons. The molecule has 0 unspecified atom stereocenters. The molecule has 0 aliphatic heterocycles. The first kappa shape index (κ1) is 13.1. The lowest BCUT2D eigenvalue weighted by atomic mass is 10.0. The Labute approximate surface area is 102 Å². The second kappa shape index (κ2) is 5.93. The summed E-state index contributed by atoms with van der Waals surface area (Å²) < 4.78 is 0.440. The molecule has 0 amide bonds. The largest absolute Gasteiger partial charge is 0.396 e. The van der Waals surface area contributed by atoms with Crippen molar-refractivity contribution in [2.45, 2.75) is 18.9 Å². The van der Waals surface area contributed by atoms with Gasteiger partial charge in [-0.2, -0.15) is 0 Å². The van der Waals surface area contributed by atoms with E-state index in [2.05, 4.69) is 15.9 Å². The average molecular weight is 289 g/mol. The fraction of sp³-hybridized carbons (Fsp3) is 0.400. The number of nitrogens with zero attached hydrogens (tertiary/aromatic N) is 1. The van der Waals surface area contributed by atoms with Gasteiger partial charge in [0.25, 0.3) is 5.69 Å². The standard InChI is InChI=1S/C10H13BrN2O3/c11-8-4-3-7(6-10(8)13(15)16)9(12)2-1-5-14/h3-4,6,9,14H,1-2,5,12H2/t9-/m1/s1. The van der Waals surface area contributed by atoms with Crippen molar-refractivity contribution in [3.63, 3.8) is 0 Å². The molecular weight excluding hydrogens is 276 g/mol. The van der Waals surface area contributed by atoms with Gasteiger partial charge in [0.05, 0.1) is 9.40 Å². The van der Waals surface area contributed by atoms with Gasteiger partial charge in [-0.1, -0.05) is 6.07 Å². The van der Waals surface area contributed by atoms with E-state index in [-0.39, 0.29) is 18.3 Å². The van der Waals surface area contributed by atoms with Crippen molar-refractivity contribution in [3.05, 3.63) is 38.3 Å². The zero-order valence-corrected chi connectivity index (χ0v) is 10.2. The van der Waals surface area contributed by atoms with Crippen molar-refractivity contribution in [1.82, 2.24) is 0 Å². The van der Waals surface area contributed by atoms with E-state index in [1.807, 2.05) is 0 Å². The third-order valence-corrected chi connectivity index (χ3v) is 2.94. The molecule has 0 saturated carbocycles. The number of hydrogen-bond acceptors (Lipinski definition) is 4. The highest BCUT2D eigenvalue weighted by Gasteiger charge is 2.15. The maximum absolute atomic E-state index is 10.7. The Morgan fingerprint density at radius 1 is 1.56 bits per heavy atom. The zero-order chi connectivity index (χ0) is 12.1. The maximum atomic E-state index is 10.7. The van der Waals surface area contributed by atoms with E-state index in [4.69, 9.17) is 10.8 Å². The predicted octanol–water partition coefficient (Wildman–Crippen LogP) is 2.13. The lowest BCUT2D eigenvalue weighted by molar-refractivity contribution is -0.385. The number of hydrogen-bond donors (Lipinski definition) is 2. The second-order valence-electron chi connectivity index (χ2n) is 3.44. The molecule has 5 nitrogen and oxygen atoms in total. The van der Waals surface area contributed by atoms with Crippen LogP contribution in [-0.4, -0.2) is 16.6 Å². The zero-order valence-electron chi connectivity index (χ0n) is 8.60. The van der Waals surface area contributed by atoms with Crippen LogP contribution in [0.25, 0.3) is 0 Å². The summed E-state index contributed by atoms with van der Waals surface area (Å²) in [7, 11) is 0. The highest BCUT2D eigenvalue weighted by atomic mass is 79.9. The van der Waals surface area contributed by atoms with Gasteiger partial charge in [-0.25, -0.2) is 0 Å². The van der Waals surface area contributed by atoms with Gasteiger partial charge in [0, 0.05) is 18.7 Å². The van der Waals surface area contributed by atoms with E-state index in [9.17, 15) is 10.1 Å². The van der Waals surface area contributed by atoms with Gasteiger partial charge in [0.15, 0.2) is 0 Å². The monoisotopic (exact) mass is 288 g/mol. The molecule has 1 aromatic carbocycles. The SMILES string of the molecule is N[C@H](CCCO)c1ccc(Br)c([N+](=O)[O-])c1. The summed E-state index contributed by atoms with van der Waals surface area (Å²) in [4.78, 5) is 10.3. The molecule has 0 saturated heterocycles. The summed E-state index contributed by atoms with van der Waals surface area (Å²) in [6.45, 7) is 0.0757. The van der Waals surface area contributed by atoms with E-state index in [1.165, 1.54) is 6.07 Å². The normalized spacial score (nSPS) is 12.4. The van der Waals surface area contributed by atoms with Crippen LogP contribution >= 0.6 is 15.9 Å². The van der Waals surface area contributed by atoms with Crippen LogP contribution in [0.15, 0.2) is 22.7 Å². The van der Waals surface area contributed by atoms with Gasteiger partial charge < -0.3 is 10.8 Å². The van der Waals surface area contributed by atoms with Crippen LogP contribution in [0.4, 0.5) is 5.69 Å². The van der Waals surface area contributed by atoms with Crippen LogP contribution in [0.5, 0.6) is 0 Å². The first-order valence-electron chi connectivity index (χ1n) is 4.86. The molecule has 88 valence electrons. The highest BCUT2D eigenvalue weighted by Crippen LogP contribution is 2.28. The van der Waals surface area contributed by atoms with Crippen molar-refractivity contribution in [2.75, 3.05) is 6.61 Å². The molecule has 0 fully saturated rings. The number of aliphatic hydroxyl groups excluding tert-OH is 1. The summed E-state index contributed by atoms with van der Waals surface area (Å²) in [6.07, 6.45) is 1.19. The molecule has 0 aliphatic carbocycles. The molecular formula is C10H13BrN2O3. The molecule has 6 heteroatoms. The third-order valence-electron chi connectivity index (χ3n) is 2.27. The summed E-state index contributed by atoms with van der Waals surface area (Å²) in [5, 5.41) is 19.4. The molecule has 0 heterocycles. The number of nitro groups is 1. The summed E-state index contributed by atoms with van der Waals surface area (Å²) in [5.41, 5.74) is 6.57. The van der Waals surface area contributed by atoms with Crippen LogP contribution in [0.2, 0.25) is 0 Å². The predicted molar refractivity (Wildman–Crippen MR) is 64.0 cm³/mol. The van der Waals surface area contributed by atoms with Gasteiger partial charge in [-0.3, -0.25) is 10.1 Å². The Hall–Kier alpha value is -0.980. The maximum Gasteiger partial charge on any atom is 0.283 e. The van der Waals surface area contributed by atoms with Crippen LogP contribution in [-0.2, 0) is 0 Å². The topological polar surface area (TPSA) is 89.4 Å². The Morgan fingerprint density at radius 3 is 2.81 bits per heavy atom. The fourth-order valence-corrected chi connectivity index (χ4v) is 1.77. The molecule has 3 N–H and O–H groups in total. The number of benzene rings is 1. The van der Waals surface area contributed by atoms with E-state index >= 15 is 0 Å². The number of halogens is 1. The van der Waals surface area contributed by atoms with E-state index < -0.39 is 4.92 Å². The van der Waals surface area contributed by atoms with Gasteiger partial charge >= 0.3 is 0 Å². The van der Waals surface area contributed by atoms with Crippen molar-refractivity contribution in [2.24, 2.45) is 5.73 Å². The summed E-state index contributed by atoms with van der Waals surface area (Å²) >= 11 is 3.11. The minimum absolute atomic E-state index is 0.0111. The van der Waals surface area contributed by atoms with Crippen LogP contribution in [0.3, 0.4) is 0 Å². The number of nitro benzene ring substituents is 1. The van der Waals surface area contributed by atoms with Gasteiger partial charge in [-0.05, 0) is 40.4 Å². The molecule has 1 rings (SSSR count). The Bertz CT molecular complexity index is 384. The molecule has 1 aromatic rings. The molecule has 0 aromatic heterocycles. The van der Waals surface area contributed by atoms with E-state index in [0.29, 0.717) is 22.9 Å². The summed E-state index contributed by atoms with van der Waals surface area (Å²) in [6, 6.07) is 4.55. The van der Waals surface area contributed by atoms with Crippen molar-refractivity contribution < 1.29 is 10.0 Å². The molecule has 0 spiro atoms. The number of nitrogens with two attached hydrogens (primary N) is 1. The molecule has 0 bridgehead atoms. The van der Waals surface area contributed by atoms with Crippen molar-refractivity contribution in [1.29, 1.82) is 0 Å². The fourth-order valence-electron chi connectivity index (χ4n) is 1.38. The molecule has 0 aliphatic rings. The second-order valence-corrected chi connectivity index (χ2v) is 4.29. The lowest BCUT2D eigenvalue weighted by Gasteiger charge is -2.11. The average Bonchev–Trinajstić information content (AvgIpc) is 2.26. The Morgan fingerprint density at radius 2 is 2.25 bits per heavy atom. The van der Waals surface area contributed by atoms with Crippen molar-refractivity contribution >= 4 is 21.6 Å². The van der Waals surface area contributed by atoms with Gasteiger partial charge in [-0.15, -0.1) is 0 Å². The van der Waals surface area contributed by atoms with Crippen LogP contribution in [0, 0.1) is 10.1 Å². The lowest BCUT2D eigenvalue weighted by Crippen LogP contribution is -2.11. The Balaban J connectivity index is 2.89. The van der Waals surface area contributed by atoms with E-state index in [0.717, 1.165) is 0 Å². The van der Waals surface area contributed by atoms with Crippen LogP contribution in [0.1, 0.15) is 24.4 Å². The Kier molecular flexibility index (Phi) is 4.85. The highest BCUT2D eigenvalue weighted by molar-refractivity contribution is 9.10. The first-order chi connectivity index (χ1) is 7.56. The third kappa shape index (κ3) is 3.26. The number of rotatable bonds is 5. The minimum Gasteiger partial charge on any atom is -0.396 e. The van der Waals surface area contributed by atoms with Crippen LogP contribution < -0.4 is 5.73 Å². The quantitative estimate of drug-likeness (QED) is 0.642. The summed E-state index contributed by atoms with van der Waals surface area (Å²) in [5.74, 6) is 0. The van der Waals surface area contributed by atoms with Gasteiger partial charge in [0.1, 0.15) is 0 Å². The number of aliphatic hydroxyl groups is 1. The van der Waals surface area contributed by atoms with Crippen molar-refractivity contribution in [3.8, 4) is 0 Å². The molecule has 1 atom stereocenters. The smallest absolute Gasteiger partial charge is 0.283 e. The first-order valence-corrected chi connectivity index (χ1v) is 5.66. The molecule has 16 heavy (non-hydrogen) atoms. The minimum atomic E-state index is -0.452.